The van der Waals surface area contributed by atoms with E-state index >= 15 is 0 Å². The first kappa shape index (κ1) is 38.6. The smallest absolute Gasteiger partial charge is 0.261 e. The molecule has 3 aliphatic heterocycles. The minimum Gasteiger partial charge on any atom is -0.483 e. The van der Waals surface area contributed by atoms with Crippen LogP contribution >= 0.6 is 0 Å². The molecule has 0 bridgehead atoms. The van der Waals surface area contributed by atoms with Gasteiger partial charge in [0.1, 0.15) is 5.75 Å². The van der Waals surface area contributed by atoms with E-state index in [4.69, 9.17) is 14.2 Å². The van der Waals surface area contributed by atoms with E-state index in [0.29, 0.717) is 55.8 Å². The van der Waals surface area contributed by atoms with Crippen LogP contribution in [0.15, 0.2) is 91.0 Å². The number of aliphatic hydroxyl groups is 1. The van der Waals surface area contributed by atoms with Crippen LogP contribution in [0.3, 0.4) is 0 Å². The average Bonchev–Trinajstić information content (AvgIpc) is 3.77. The molecule has 1 fully saturated rings. The summed E-state index contributed by atoms with van der Waals surface area (Å²) in [5.41, 5.74) is 4.57. The number of rotatable bonds is 15. The van der Waals surface area contributed by atoms with Crippen LogP contribution in [0.4, 0.5) is 0 Å². The molecule has 1 saturated heterocycles. The summed E-state index contributed by atoms with van der Waals surface area (Å²) in [5, 5.41) is 14.9. The topological polar surface area (TPSA) is 138 Å². The zero-order chi connectivity index (χ0) is 39.2. The van der Waals surface area contributed by atoms with Crippen LogP contribution in [0.25, 0.3) is 0 Å². The maximum absolute atomic E-state index is 14.2. The molecule has 292 valence electrons. The fourth-order valence-corrected chi connectivity index (χ4v) is 7.67. The molecule has 0 spiro atoms. The monoisotopic (exact) mass is 760 g/mol. The number of aryl methyl sites for hydroxylation is 2. The molecule has 4 aromatic carbocycles. The predicted molar refractivity (Wildman–Crippen MR) is 208 cm³/mol. The molecule has 2 unspecified atom stereocenters. The second kappa shape index (κ2) is 17.4. The number of hydrogen-bond donors (Lipinski definition) is 2. The molecule has 12 heteroatoms. The molecule has 0 aromatic heterocycles. The van der Waals surface area contributed by atoms with Gasteiger partial charge in [-0.25, -0.2) is 0 Å². The number of nitrogens with one attached hydrogen (secondary N) is 1. The normalized spacial score (nSPS) is 16.4. The van der Waals surface area contributed by atoms with Crippen molar-refractivity contribution < 1.29 is 38.5 Å². The Morgan fingerprint density at radius 2 is 1.57 bits per heavy atom. The minimum atomic E-state index is -1.14. The highest BCUT2D eigenvalue weighted by molar-refractivity contribution is 6.21. The van der Waals surface area contributed by atoms with Crippen LogP contribution in [0.5, 0.6) is 17.2 Å². The Labute approximate surface area is 326 Å². The number of benzene rings is 4. The fourth-order valence-electron chi connectivity index (χ4n) is 7.67. The Bertz CT molecular complexity index is 2030. The summed E-state index contributed by atoms with van der Waals surface area (Å²) in [4.78, 5) is 59.0. The second-order valence-electron chi connectivity index (χ2n) is 14.8. The summed E-state index contributed by atoms with van der Waals surface area (Å²) in [7, 11) is 0. The third-order valence-electron chi connectivity index (χ3n) is 10.8. The molecule has 2 atom stereocenters. The number of carbonyl (C=O) groups is 4. The summed E-state index contributed by atoms with van der Waals surface area (Å²) < 4.78 is 16.9. The summed E-state index contributed by atoms with van der Waals surface area (Å²) in [6.45, 7) is 5.82. The van der Waals surface area contributed by atoms with Gasteiger partial charge in [0.05, 0.1) is 23.3 Å². The lowest BCUT2D eigenvalue weighted by Crippen LogP contribution is -2.55. The lowest BCUT2D eigenvalue weighted by Gasteiger charge is -2.40. The van der Waals surface area contributed by atoms with E-state index in [1.54, 1.807) is 29.2 Å². The fraction of sp³-hybridized carbons (Fsp3) is 0.364. The van der Waals surface area contributed by atoms with E-state index in [0.717, 1.165) is 38.7 Å². The number of amides is 4. The first-order valence-corrected chi connectivity index (χ1v) is 19.2. The van der Waals surface area contributed by atoms with Gasteiger partial charge < -0.3 is 29.5 Å². The van der Waals surface area contributed by atoms with Crippen LogP contribution in [-0.4, -0.2) is 101 Å². The minimum absolute atomic E-state index is 0.0522. The Balaban J connectivity index is 1.05. The van der Waals surface area contributed by atoms with Gasteiger partial charge in [0.25, 0.3) is 17.7 Å². The van der Waals surface area contributed by atoms with E-state index in [1.165, 1.54) is 0 Å². The molecule has 2 N–H and O–H groups in total. The predicted octanol–water partition coefficient (Wildman–Crippen LogP) is 4.68. The molecule has 4 aromatic rings. The molecular formula is C44H48N4O8. The van der Waals surface area contributed by atoms with Gasteiger partial charge in [-0.3, -0.25) is 29.0 Å². The zero-order valence-corrected chi connectivity index (χ0v) is 31.8. The maximum atomic E-state index is 14.2. The number of aliphatic hydroxyl groups excluding tert-OH is 1. The van der Waals surface area contributed by atoms with E-state index in [-0.39, 0.29) is 44.9 Å². The molecule has 0 aliphatic carbocycles. The Morgan fingerprint density at radius 1 is 0.875 bits per heavy atom. The number of ether oxygens (including phenoxy) is 3. The second-order valence-corrected chi connectivity index (χ2v) is 14.8. The summed E-state index contributed by atoms with van der Waals surface area (Å²) in [6.07, 6.45) is 0.372. The zero-order valence-electron chi connectivity index (χ0n) is 31.8. The third-order valence-corrected chi connectivity index (χ3v) is 10.8. The molecule has 4 amide bonds. The molecule has 3 heterocycles. The highest BCUT2D eigenvalue weighted by Gasteiger charge is 2.37. The van der Waals surface area contributed by atoms with E-state index in [1.807, 2.05) is 80.6 Å². The number of imide groups is 1. The summed E-state index contributed by atoms with van der Waals surface area (Å²) in [6, 6.07) is 27.0. The quantitative estimate of drug-likeness (QED) is 0.166. The molecule has 3 aliphatic rings. The van der Waals surface area contributed by atoms with Crippen LogP contribution < -0.4 is 19.5 Å². The van der Waals surface area contributed by atoms with Crippen molar-refractivity contribution in [1.29, 1.82) is 0 Å². The summed E-state index contributed by atoms with van der Waals surface area (Å²) in [5.74, 6) is 0.558. The number of carbonyl (C=O) groups excluding carboxylic acids is 4. The molecule has 12 nitrogen and oxygen atoms in total. The van der Waals surface area contributed by atoms with Crippen LogP contribution in [0, 0.1) is 13.8 Å². The van der Waals surface area contributed by atoms with E-state index in [9.17, 15) is 24.3 Å². The first-order valence-electron chi connectivity index (χ1n) is 19.2. The van der Waals surface area contributed by atoms with Crippen molar-refractivity contribution >= 4 is 23.6 Å². The molecule has 7 rings (SSSR count). The highest BCUT2D eigenvalue weighted by Crippen LogP contribution is 2.33. The maximum Gasteiger partial charge on any atom is 0.261 e. The van der Waals surface area contributed by atoms with Gasteiger partial charge >= 0.3 is 0 Å². The van der Waals surface area contributed by atoms with Gasteiger partial charge in [0, 0.05) is 45.2 Å². The number of fused-ring (bicyclic) bond motifs is 2. The van der Waals surface area contributed by atoms with Gasteiger partial charge in [-0.05, 0) is 85.7 Å². The van der Waals surface area contributed by atoms with Crippen LogP contribution in [-0.2, 0) is 22.6 Å². The standard InChI is InChI=1S/C44H48N4O8/c1-29-12-13-30(2)39(22-29)54-27-41(50)45-36(23-31-8-4-3-5-9-31)37(49)26-48(42(51)18-21-47-43(52)34-10-6-7-11-35(34)44(47)53)33-16-19-46(20-17-33)25-32-14-15-38-40(24-32)56-28-55-38/h3-15,22,24,33,36-37,49H,16-21,23,25-28H2,1-2H3,(H,45,50). The van der Waals surface area contributed by atoms with Crippen LogP contribution in [0.1, 0.15) is 62.2 Å². The Kier molecular flexibility index (Phi) is 12.0. The van der Waals surface area contributed by atoms with Gasteiger partial charge in [0.15, 0.2) is 18.1 Å². The summed E-state index contributed by atoms with van der Waals surface area (Å²) >= 11 is 0. The van der Waals surface area contributed by atoms with E-state index < -0.39 is 29.9 Å². The average molecular weight is 761 g/mol. The third kappa shape index (κ3) is 9.04. The van der Waals surface area contributed by atoms with Crippen LogP contribution in [0.2, 0.25) is 0 Å². The van der Waals surface area contributed by atoms with Crippen molar-refractivity contribution in [3.63, 3.8) is 0 Å². The first-order chi connectivity index (χ1) is 27.1. The van der Waals surface area contributed by atoms with Gasteiger partial charge in [-0.2, -0.15) is 0 Å². The number of piperidine rings is 1. The van der Waals surface area contributed by atoms with Crippen molar-refractivity contribution in [2.75, 3.05) is 39.6 Å². The van der Waals surface area contributed by atoms with Crippen molar-refractivity contribution in [2.24, 2.45) is 0 Å². The van der Waals surface area contributed by atoms with Gasteiger partial charge in [0.2, 0.25) is 12.7 Å². The lowest BCUT2D eigenvalue weighted by atomic mass is 9.97. The highest BCUT2D eigenvalue weighted by atomic mass is 16.7. The Morgan fingerprint density at radius 3 is 2.30 bits per heavy atom. The Hall–Kier alpha value is -5.72. The van der Waals surface area contributed by atoms with Crippen molar-refractivity contribution in [2.45, 2.75) is 64.3 Å². The lowest BCUT2D eigenvalue weighted by molar-refractivity contribution is -0.137. The number of nitrogens with zero attached hydrogens (tertiary/aromatic N) is 3. The van der Waals surface area contributed by atoms with Crippen molar-refractivity contribution in [3.05, 3.63) is 124 Å². The SMILES string of the molecule is Cc1ccc(C)c(OCC(=O)NC(Cc2ccccc2)C(O)CN(C(=O)CCN2C(=O)c3ccccc3C2=O)C2CCN(Cc3ccc4c(c3)OCO4)CC2)c1. The number of likely N-dealkylation sites (tertiary alicyclic amines) is 1. The molecule has 0 saturated carbocycles. The number of hydrogen-bond acceptors (Lipinski definition) is 9. The van der Waals surface area contributed by atoms with Gasteiger partial charge in [-0.1, -0.05) is 60.7 Å². The molecule has 0 radical (unpaired) electrons. The van der Waals surface area contributed by atoms with Crippen molar-refractivity contribution in [3.8, 4) is 17.2 Å². The van der Waals surface area contributed by atoms with E-state index in [2.05, 4.69) is 10.2 Å². The molecular weight excluding hydrogens is 713 g/mol. The largest absolute Gasteiger partial charge is 0.483 e. The van der Waals surface area contributed by atoms with Gasteiger partial charge in [-0.15, -0.1) is 0 Å². The molecule has 56 heavy (non-hydrogen) atoms. The van der Waals surface area contributed by atoms with Crippen molar-refractivity contribution in [1.82, 2.24) is 20.0 Å².